The van der Waals surface area contributed by atoms with Crippen LogP contribution in [-0.4, -0.2) is 36.1 Å². The number of hydrogen-bond donors (Lipinski definition) is 2. The fraction of sp³-hybridized carbons (Fsp3) is 0.455. The van der Waals surface area contributed by atoms with Crippen molar-refractivity contribution in [1.29, 1.82) is 0 Å². The van der Waals surface area contributed by atoms with Crippen molar-refractivity contribution < 1.29 is 0 Å². The Kier molecular flexibility index (Phi) is 11.7. The Morgan fingerprint density at radius 2 is 1.16 bits per heavy atom. The van der Waals surface area contributed by atoms with Gasteiger partial charge in [0.2, 0.25) is 0 Å². The van der Waals surface area contributed by atoms with E-state index in [-0.39, 0.29) is 29.6 Å². The topological polar surface area (TPSA) is 38.0 Å². The van der Waals surface area contributed by atoms with Crippen molar-refractivity contribution in [3.8, 4) is 11.1 Å². The van der Waals surface area contributed by atoms with Crippen LogP contribution in [0.1, 0.15) is 58.3 Å². The molecule has 25 heavy (non-hydrogen) atoms. The number of nitrogens with two attached hydrogens (primary N) is 1. The molecular formula is C22H33N2Na. The van der Waals surface area contributed by atoms with Crippen molar-refractivity contribution >= 4 is 40.9 Å². The zero-order chi connectivity index (χ0) is 17.0. The molecule has 0 radical (unpaired) electrons. The van der Waals surface area contributed by atoms with Gasteiger partial charge in [0.15, 0.2) is 0 Å². The molecule has 132 valence electrons. The molecular weight excluding hydrogens is 315 g/mol. The number of anilines is 2. The summed E-state index contributed by atoms with van der Waals surface area (Å²) in [5.74, 6) is 0. The third-order valence-corrected chi connectivity index (χ3v) is 4.49. The van der Waals surface area contributed by atoms with Gasteiger partial charge in [-0.2, -0.15) is 0 Å². The molecule has 0 heterocycles. The molecule has 0 amide bonds. The van der Waals surface area contributed by atoms with Gasteiger partial charge in [0.05, 0.1) is 0 Å². The Labute approximate surface area is 175 Å². The maximum absolute atomic E-state index is 5.74. The number of nitrogens with one attached hydrogen (secondary N) is 1. The SMILES string of the molecule is CCCCCCCCCCNc1ccc(-c2ccc(N)cc2)cc1.[NaH]. The number of rotatable bonds is 11. The second-order valence-corrected chi connectivity index (χ2v) is 6.60. The van der Waals surface area contributed by atoms with E-state index in [0.717, 1.165) is 12.2 Å². The molecule has 2 aromatic carbocycles. The average molecular weight is 349 g/mol. The molecule has 2 aromatic rings. The first-order valence-electron chi connectivity index (χ1n) is 9.49. The van der Waals surface area contributed by atoms with Crippen LogP contribution < -0.4 is 11.1 Å². The summed E-state index contributed by atoms with van der Waals surface area (Å²) in [7, 11) is 0. The normalized spacial score (nSPS) is 10.3. The molecule has 0 aliphatic rings. The Morgan fingerprint density at radius 1 is 0.680 bits per heavy atom. The Bertz CT molecular complexity index is 564. The average Bonchev–Trinajstić information content (AvgIpc) is 2.62. The van der Waals surface area contributed by atoms with Crippen molar-refractivity contribution in [2.75, 3.05) is 17.6 Å². The predicted molar refractivity (Wildman–Crippen MR) is 115 cm³/mol. The molecule has 0 saturated heterocycles. The van der Waals surface area contributed by atoms with Crippen LogP contribution in [0.5, 0.6) is 0 Å². The predicted octanol–water partition coefficient (Wildman–Crippen LogP) is 5.84. The molecule has 0 fully saturated rings. The third kappa shape index (κ3) is 8.80. The van der Waals surface area contributed by atoms with Gasteiger partial charge in [-0.1, -0.05) is 76.1 Å². The van der Waals surface area contributed by atoms with Gasteiger partial charge in [-0.05, 0) is 41.8 Å². The van der Waals surface area contributed by atoms with Crippen molar-refractivity contribution in [2.24, 2.45) is 0 Å². The molecule has 2 nitrogen and oxygen atoms in total. The van der Waals surface area contributed by atoms with Gasteiger partial charge in [-0.3, -0.25) is 0 Å². The van der Waals surface area contributed by atoms with Crippen LogP contribution in [0.25, 0.3) is 11.1 Å². The van der Waals surface area contributed by atoms with E-state index in [2.05, 4.69) is 48.6 Å². The van der Waals surface area contributed by atoms with Crippen molar-refractivity contribution in [3.05, 3.63) is 48.5 Å². The van der Waals surface area contributed by atoms with Gasteiger partial charge in [0, 0.05) is 17.9 Å². The van der Waals surface area contributed by atoms with Gasteiger partial charge < -0.3 is 11.1 Å². The number of hydrogen-bond acceptors (Lipinski definition) is 2. The standard InChI is InChI=1S/C22H32N2.Na.H/c1-2-3-4-5-6-7-8-9-18-24-22-16-12-20(13-17-22)19-10-14-21(23)15-11-19;;/h10-17,24H,2-9,18,23H2,1H3;;. The molecule has 0 atom stereocenters. The quantitative estimate of drug-likeness (QED) is 0.304. The maximum atomic E-state index is 5.74. The Hall–Kier alpha value is -0.960. The zero-order valence-electron chi connectivity index (χ0n) is 15.1. The number of nitrogen functional groups attached to an aromatic ring is 1. The fourth-order valence-electron chi connectivity index (χ4n) is 2.95. The van der Waals surface area contributed by atoms with Gasteiger partial charge in [-0.25, -0.2) is 0 Å². The molecule has 0 aliphatic heterocycles. The minimum atomic E-state index is 0. The van der Waals surface area contributed by atoms with Crippen LogP contribution >= 0.6 is 0 Å². The van der Waals surface area contributed by atoms with Crippen LogP contribution in [0.15, 0.2) is 48.5 Å². The fourth-order valence-corrected chi connectivity index (χ4v) is 2.95. The van der Waals surface area contributed by atoms with Crippen molar-refractivity contribution in [1.82, 2.24) is 0 Å². The summed E-state index contributed by atoms with van der Waals surface area (Å²) in [6, 6.07) is 16.7. The van der Waals surface area contributed by atoms with Crippen molar-refractivity contribution in [3.63, 3.8) is 0 Å². The zero-order valence-corrected chi connectivity index (χ0v) is 15.1. The van der Waals surface area contributed by atoms with E-state index in [9.17, 15) is 0 Å². The summed E-state index contributed by atoms with van der Waals surface area (Å²) in [6.07, 6.45) is 10.9. The molecule has 3 N–H and O–H groups in total. The summed E-state index contributed by atoms with van der Waals surface area (Å²) in [5, 5.41) is 3.52. The van der Waals surface area contributed by atoms with Gasteiger partial charge in [0.25, 0.3) is 0 Å². The van der Waals surface area contributed by atoms with Crippen molar-refractivity contribution in [2.45, 2.75) is 58.3 Å². The monoisotopic (exact) mass is 348 g/mol. The summed E-state index contributed by atoms with van der Waals surface area (Å²) in [6.45, 7) is 3.34. The molecule has 3 heteroatoms. The van der Waals surface area contributed by atoms with E-state index in [1.807, 2.05) is 12.1 Å². The first-order chi connectivity index (χ1) is 11.8. The molecule has 0 bridgehead atoms. The molecule has 0 aromatic heterocycles. The second-order valence-electron chi connectivity index (χ2n) is 6.60. The van der Waals surface area contributed by atoms with E-state index in [4.69, 9.17) is 5.73 Å². The molecule has 0 unspecified atom stereocenters. The van der Waals surface area contributed by atoms with E-state index in [1.165, 1.54) is 68.2 Å². The van der Waals surface area contributed by atoms with Gasteiger partial charge in [0.1, 0.15) is 0 Å². The Balaban J connectivity index is 0.00000312. The van der Waals surface area contributed by atoms with E-state index < -0.39 is 0 Å². The second kappa shape index (κ2) is 13.3. The summed E-state index contributed by atoms with van der Waals surface area (Å²) in [4.78, 5) is 0. The van der Waals surface area contributed by atoms with E-state index in [1.54, 1.807) is 0 Å². The van der Waals surface area contributed by atoms with Crippen LogP contribution in [0.3, 0.4) is 0 Å². The Morgan fingerprint density at radius 3 is 1.72 bits per heavy atom. The van der Waals surface area contributed by atoms with Gasteiger partial charge >= 0.3 is 29.6 Å². The van der Waals surface area contributed by atoms with E-state index in [0.29, 0.717) is 0 Å². The number of benzene rings is 2. The van der Waals surface area contributed by atoms with Crippen LogP contribution in [-0.2, 0) is 0 Å². The summed E-state index contributed by atoms with van der Waals surface area (Å²) in [5.41, 5.74) is 10.2. The summed E-state index contributed by atoms with van der Waals surface area (Å²) >= 11 is 0. The van der Waals surface area contributed by atoms with E-state index >= 15 is 0 Å². The molecule has 0 saturated carbocycles. The van der Waals surface area contributed by atoms with Crippen LogP contribution in [0.2, 0.25) is 0 Å². The van der Waals surface area contributed by atoms with Crippen LogP contribution in [0.4, 0.5) is 11.4 Å². The third-order valence-electron chi connectivity index (χ3n) is 4.49. The van der Waals surface area contributed by atoms with Crippen LogP contribution in [0, 0.1) is 0 Å². The van der Waals surface area contributed by atoms with Gasteiger partial charge in [-0.15, -0.1) is 0 Å². The first-order valence-corrected chi connectivity index (χ1v) is 9.49. The molecule has 2 rings (SSSR count). The molecule has 0 aliphatic carbocycles. The molecule has 0 spiro atoms. The minimum absolute atomic E-state index is 0. The number of unbranched alkanes of at least 4 members (excludes halogenated alkanes) is 7. The summed E-state index contributed by atoms with van der Waals surface area (Å²) < 4.78 is 0. The first kappa shape index (κ1) is 22.1.